The maximum atomic E-state index is 15.6. The van der Waals surface area contributed by atoms with Crippen LogP contribution in [0, 0.1) is 17.7 Å². The lowest BCUT2D eigenvalue weighted by Gasteiger charge is -2.32. The molecule has 0 radical (unpaired) electrons. The summed E-state index contributed by atoms with van der Waals surface area (Å²) in [6.45, 7) is 2.29. The topological polar surface area (TPSA) is 75.2 Å². The quantitative estimate of drug-likeness (QED) is 0.200. The Balaban J connectivity index is 1.74. The molecule has 4 aromatic rings. The number of allylic oxidation sites excluding steroid dienone is 1. The Morgan fingerprint density at radius 1 is 1.08 bits per heavy atom. The number of hydrogen-bond donors (Lipinski definition) is 2. The zero-order valence-corrected chi connectivity index (χ0v) is 20.3. The van der Waals surface area contributed by atoms with E-state index in [4.69, 9.17) is 9.84 Å². The van der Waals surface area contributed by atoms with Crippen LogP contribution in [0.5, 0.6) is 5.75 Å². The molecule has 3 aromatic carbocycles. The van der Waals surface area contributed by atoms with Crippen LogP contribution >= 0.6 is 0 Å². The van der Waals surface area contributed by atoms with Gasteiger partial charge in [0.1, 0.15) is 11.6 Å². The van der Waals surface area contributed by atoms with Crippen molar-refractivity contribution >= 4 is 34.1 Å². The zero-order valence-electron chi connectivity index (χ0n) is 20.3. The number of halogens is 2. The number of nitrogens with one attached hydrogen (secondary N) is 1. The molecule has 0 spiro atoms. The summed E-state index contributed by atoms with van der Waals surface area (Å²) in [6, 6.07) is 17.8. The van der Waals surface area contributed by atoms with Crippen molar-refractivity contribution in [2.75, 3.05) is 6.61 Å². The molecule has 1 aromatic heterocycles. The van der Waals surface area contributed by atoms with E-state index in [1.807, 2.05) is 37.3 Å². The molecule has 188 valence electrons. The third-order valence-corrected chi connectivity index (χ3v) is 6.75. The molecule has 0 saturated heterocycles. The summed E-state index contributed by atoms with van der Waals surface area (Å²) in [6.07, 6.45) is 5.49. The summed E-state index contributed by atoms with van der Waals surface area (Å²) in [5.41, 5.74) is 5.04. The van der Waals surface area contributed by atoms with Gasteiger partial charge in [0.15, 0.2) is 0 Å². The second-order valence-electron chi connectivity index (χ2n) is 9.06. The molecule has 1 aliphatic rings. The predicted molar refractivity (Wildman–Crippen MR) is 140 cm³/mol. The van der Waals surface area contributed by atoms with E-state index in [0.29, 0.717) is 28.8 Å². The number of benzene rings is 3. The standard InChI is InChI=1S/C30H26F2N2O3/c1-2-37-22-12-13-23(25(31)17-22)29(19-4-3-5-19)28(20-9-6-18(7-10-20)8-15-27(35)36)21-11-14-26-24(16-21)30(32)34-33-26/h6-17,19H,2-5H2,1H3,(H,33,34)(H,35,36). The smallest absolute Gasteiger partial charge is 0.328 e. The highest BCUT2D eigenvalue weighted by Crippen LogP contribution is 2.46. The Bertz CT molecular complexity index is 1520. The number of hydrogen-bond acceptors (Lipinski definition) is 3. The van der Waals surface area contributed by atoms with Crippen LogP contribution in [0.25, 0.3) is 28.1 Å². The molecule has 1 fully saturated rings. The Hall–Kier alpha value is -4.26. The lowest BCUT2D eigenvalue weighted by atomic mass is 9.73. The maximum absolute atomic E-state index is 15.6. The van der Waals surface area contributed by atoms with Crippen molar-refractivity contribution in [3.8, 4) is 5.75 Å². The molecule has 37 heavy (non-hydrogen) atoms. The normalized spacial score (nSPS) is 14.6. The van der Waals surface area contributed by atoms with Crippen LogP contribution in [0.15, 0.2) is 66.7 Å². The van der Waals surface area contributed by atoms with Gasteiger partial charge in [-0.1, -0.05) is 36.8 Å². The Kier molecular flexibility index (Phi) is 6.86. The van der Waals surface area contributed by atoms with Crippen LogP contribution in [0.2, 0.25) is 0 Å². The maximum Gasteiger partial charge on any atom is 0.328 e. The second kappa shape index (κ2) is 10.4. The van der Waals surface area contributed by atoms with Gasteiger partial charge in [0, 0.05) is 17.7 Å². The average Bonchev–Trinajstić information content (AvgIpc) is 3.22. The largest absolute Gasteiger partial charge is 0.494 e. The fourth-order valence-corrected chi connectivity index (χ4v) is 4.77. The molecular weight excluding hydrogens is 474 g/mol. The van der Waals surface area contributed by atoms with Gasteiger partial charge in [-0.2, -0.15) is 4.39 Å². The van der Waals surface area contributed by atoms with Crippen LogP contribution < -0.4 is 4.74 Å². The lowest BCUT2D eigenvalue weighted by molar-refractivity contribution is -0.131. The number of aliphatic carboxylic acids is 1. The van der Waals surface area contributed by atoms with Crippen LogP contribution in [-0.2, 0) is 4.79 Å². The molecule has 0 unspecified atom stereocenters. The van der Waals surface area contributed by atoms with Gasteiger partial charge in [0.05, 0.1) is 17.5 Å². The van der Waals surface area contributed by atoms with E-state index in [1.165, 1.54) is 12.1 Å². The third kappa shape index (κ3) is 5.03. The van der Waals surface area contributed by atoms with E-state index in [-0.39, 0.29) is 11.7 Å². The minimum atomic E-state index is -1.03. The van der Waals surface area contributed by atoms with Gasteiger partial charge in [-0.25, -0.2) is 9.18 Å². The van der Waals surface area contributed by atoms with Crippen LogP contribution in [-0.4, -0.2) is 27.9 Å². The summed E-state index contributed by atoms with van der Waals surface area (Å²) in [5.74, 6) is -1.39. The van der Waals surface area contributed by atoms with E-state index < -0.39 is 11.9 Å². The average molecular weight is 501 g/mol. The van der Waals surface area contributed by atoms with Crippen molar-refractivity contribution in [2.45, 2.75) is 26.2 Å². The summed E-state index contributed by atoms with van der Waals surface area (Å²) >= 11 is 0. The van der Waals surface area contributed by atoms with Crippen LogP contribution in [0.4, 0.5) is 8.78 Å². The van der Waals surface area contributed by atoms with Gasteiger partial charge < -0.3 is 9.84 Å². The molecule has 0 bridgehead atoms. The van der Waals surface area contributed by atoms with Crippen LogP contribution in [0.3, 0.4) is 0 Å². The van der Waals surface area contributed by atoms with Gasteiger partial charge in [-0.05, 0) is 83.9 Å². The van der Waals surface area contributed by atoms with Gasteiger partial charge in [0.2, 0.25) is 5.95 Å². The molecule has 0 atom stereocenters. The molecule has 5 nitrogen and oxygen atoms in total. The lowest BCUT2D eigenvalue weighted by Crippen LogP contribution is -2.16. The number of H-pyrrole nitrogens is 1. The van der Waals surface area contributed by atoms with E-state index in [9.17, 15) is 9.18 Å². The number of aromatic amines is 1. The van der Waals surface area contributed by atoms with Crippen LogP contribution in [0.1, 0.15) is 48.4 Å². The van der Waals surface area contributed by atoms with E-state index in [1.54, 1.807) is 24.3 Å². The molecule has 7 heteroatoms. The summed E-state index contributed by atoms with van der Waals surface area (Å²) in [7, 11) is 0. The first-order valence-electron chi connectivity index (χ1n) is 12.3. The summed E-state index contributed by atoms with van der Waals surface area (Å²) < 4.78 is 35.5. The molecule has 1 aliphatic carbocycles. The van der Waals surface area contributed by atoms with Gasteiger partial charge in [-0.15, -0.1) is 5.10 Å². The van der Waals surface area contributed by atoms with Crippen molar-refractivity contribution in [3.05, 3.63) is 101 Å². The summed E-state index contributed by atoms with van der Waals surface area (Å²) in [4.78, 5) is 10.9. The molecule has 1 heterocycles. The number of rotatable bonds is 8. The highest BCUT2D eigenvalue weighted by atomic mass is 19.1. The number of fused-ring (bicyclic) bond motifs is 1. The zero-order chi connectivity index (χ0) is 25.9. The minimum absolute atomic E-state index is 0.138. The SMILES string of the molecule is CCOc1ccc(C(=C(c2ccc(C=CC(=O)O)cc2)c2ccc3[nH]nc(F)c3c2)C2CCC2)c(F)c1. The van der Waals surface area contributed by atoms with Crippen molar-refractivity contribution in [1.29, 1.82) is 0 Å². The number of carbonyl (C=O) groups is 1. The molecule has 0 amide bonds. The highest BCUT2D eigenvalue weighted by molar-refractivity contribution is 6.01. The molecular formula is C30H26F2N2O3. The Labute approximate surface area is 213 Å². The Morgan fingerprint density at radius 3 is 2.49 bits per heavy atom. The molecule has 5 rings (SSSR count). The monoisotopic (exact) mass is 500 g/mol. The molecule has 0 aliphatic heterocycles. The first-order valence-corrected chi connectivity index (χ1v) is 12.3. The van der Waals surface area contributed by atoms with Crippen molar-refractivity contribution in [1.82, 2.24) is 10.2 Å². The number of nitrogens with zero attached hydrogens (tertiary/aromatic N) is 1. The fourth-order valence-electron chi connectivity index (χ4n) is 4.77. The van der Waals surface area contributed by atoms with Crippen molar-refractivity contribution in [2.24, 2.45) is 5.92 Å². The Morgan fingerprint density at radius 2 is 1.84 bits per heavy atom. The van der Waals surface area contributed by atoms with Gasteiger partial charge in [0.25, 0.3) is 0 Å². The number of aromatic nitrogens is 2. The van der Waals surface area contributed by atoms with Gasteiger partial charge >= 0.3 is 5.97 Å². The minimum Gasteiger partial charge on any atom is -0.494 e. The number of carboxylic acid groups (broad SMARTS) is 1. The third-order valence-electron chi connectivity index (χ3n) is 6.75. The van der Waals surface area contributed by atoms with Gasteiger partial charge in [-0.3, -0.25) is 5.10 Å². The first kappa shape index (κ1) is 24.4. The van der Waals surface area contributed by atoms with E-state index >= 15 is 4.39 Å². The second-order valence-corrected chi connectivity index (χ2v) is 9.06. The fraction of sp³-hybridized carbons (Fsp3) is 0.200. The predicted octanol–water partition coefficient (Wildman–Crippen LogP) is 7.10. The van der Waals surface area contributed by atoms with Crippen molar-refractivity contribution < 1.29 is 23.4 Å². The molecule has 2 N–H and O–H groups in total. The van der Waals surface area contributed by atoms with Crippen molar-refractivity contribution in [3.63, 3.8) is 0 Å². The first-order chi connectivity index (χ1) is 17.9. The number of carboxylic acids is 1. The number of ether oxygens (including phenoxy) is 1. The van der Waals surface area contributed by atoms with E-state index in [0.717, 1.165) is 53.2 Å². The molecule has 1 saturated carbocycles. The highest BCUT2D eigenvalue weighted by Gasteiger charge is 2.29. The van der Waals surface area contributed by atoms with E-state index in [2.05, 4.69) is 10.2 Å². The summed E-state index contributed by atoms with van der Waals surface area (Å²) in [5, 5.41) is 15.7.